The molecule has 3 rings (SSSR count). The molecular formula is C16H20N2O2. The van der Waals surface area contributed by atoms with E-state index in [1.54, 1.807) is 0 Å². The Bertz CT molecular complexity index is 523. The third-order valence-electron chi connectivity index (χ3n) is 4.08. The minimum Gasteiger partial charge on any atom is -0.348 e. The van der Waals surface area contributed by atoms with E-state index in [1.807, 2.05) is 12.1 Å². The lowest BCUT2D eigenvalue weighted by Gasteiger charge is -2.26. The van der Waals surface area contributed by atoms with Crippen molar-refractivity contribution < 1.29 is 9.59 Å². The van der Waals surface area contributed by atoms with Crippen LogP contribution in [-0.2, 0) is 16.0 Å². The summed E-state index contributed by atoms with van der Waals surface area (Å²) >= 11 is 0. The second-order valence-electron chi connectivity index (χ2n) is 5.70. The number of fused-ring (bicyclic) bond motifs is 1. The van der Waals surface area contributed by atoms with Crippen LogP contribution in [0.2, 0.25) is 0 Å². The van der Waals surface area contributed by atoms with Gasteiger partial charge in [-0.3, -0.25) is 9.59 Å². The van der Waals surface area contributed by atoms with E-state index in [1.165, 1.54) is 11.1 Å². The molecule has 2 aliphatic carbocycles. The van der Waals surface area contributed by atoms with Crippen LogP contribution in [0.25, 0.3) is 0 Å². The Kier molecular flexibility index (Phi) is 3.72. The molecule has 0 aromatic heterocycles. The molecule has 1 aromatic carbocycles. The van der Waals surface area contributed by atoms with Crippen LogP contribution in [0, 0.1) is 5.92 Å². The van der Waals surface area contributed by atoms with E-state index in [-0.39, 0.29) is 30.3 Å². The fraction of sp³-hybridized carbons (Fsp3) is 0.500. The van der Waals surface area contributed by atoms with Crippen molar-refractivity contribution in [3.05, 3.63) is 35.4 Å². The van der Waals surface area contributed by atoms with Crippen molar-refractivity contribution in [1.82, 2.24) is 10.6 Å². The first kappa shape index (κ1) is 13.2. The molecule has 106 valence electrons. The molecule has 0 unspecified atom stereocenters. The van der Waals surface area contributed by atoms with Crippen LogP contribution in [-0.4, -0.2) is 18.4 Å². The van der Waals surface area contributed by atoms with Crippen LogP contribution in [0.5, 0.6) is 0 Å². The molecule has 0 heterocycles. The quantitative estimate of drug-likeness (QED) is 0.876. The van der Waals surface area contributed by atoms with Gasteiger partial charge in [0.15, 0.2) is 0 Å². The van der Waals surface area contributed by atoms with Crippen molar-refractivity contribution in [2.24, 2.45) is 5.92 Å². The summed E-state index contributed by atoms with van der Waals surface area (Å²) in [7, 11) is 0. The molecule has 4 heteroatoms. The molecule has 0 spiro atoms. The summed E-state index contributed by atoms with van der Waals surface area (Å²) in [5.41, 5.74) is 2.55. The monoisotopic (exact) mass is 272 g/mol. The fourth-order valence-corrected chi connectivity index (χ4v) is 2.81. The van der Waals surface area contributed by atoms with Crippen LogP contribution in [0.3, 0.4) is 0 Å². The van der Waals surface area contributed by atoms with Gasteiger partial charge in [-0.25, -0.2) is 0 Å². The number of aryl methyl sites for hydroxylation is 1. The van der Waals surface area contributed by atoms with Gasteiger partial charge in [-0.05, 0) is 43.2 Å². The van der Waals surface area contributed by atoms with Gasteiger partial charge in [-0.2, -0.15) is 0 Å². The predicted molar refractivity (Wildman–Crippen MR) is 76.0 cm³/mol. The van der Waals surface area contributed by atoms with Gasteiger partial charge >= 0.3 is 0 Å². The number of hydrogen-bond acceptors (Lipinski definition) is 2. The molecule has 0 saturated heterocycles. The highest BCUT2D eigenvalue weighted by atomic mass is 16.2. The molecule has 0 bridgehead atoms. The van der Waals surface area contributed by atoms with Gasteiger partial charge in [0, 0.05) is 5.92 Å². The van der Waals surface area contributed by atoms with Gasteiger partial charge in [0.2, 0.25) is 11.8 Å². The van der Waals surface area contributed by atoms with Crippen LogP contribution >= 0.6 is 0 Å². The highest BCUT2D eigenvalue weighted by molar-refractivity contribution is 5.87. The maximum absolute atomic E-state index is 11.9. The number of rotatable bonds is 4. The Morgan fingerprint density at radius 1 is 1.15 bits per heavy atom. The Morgan fingerprint density at radius 3 is 2.75 bits per heavy atom. The minimum atomic E-state index is -0.0966. The number of amides is 2. The number of hydrogen-bond donors (Lipinski definition) is 2. The van der Waals surface area contributed by atoms with Gasteiger partial charge in [0.1, 0.15) is 0 Å². The second-order valence-corrected chi connectivity index (χ2v) is 5.70. The van der Waals surface area contributed by atoms with E-state index < -0.39 is 0 Å². The standard InChI is InChI=1S/C16H20N2O2/c19-15(10-17-16(20)12-8-9-12)18-14-7-3-5-11-4-1-2-6-13(11)14/h1-2,4,6,12,14H,3,5,7-10H2,(H,17,20)(H,18,19)/t14-/m0/s1. The summed E-state index contributed by atoms with van der Waals surface area (Å²) in [5, 5.41) is 5.74. The molecule has 1 aromatic rings. The highest BCUT2D eigenvalue weighted by Crippen LogP contribution is 2.29. The van der Waals surface area contributed by atoms with Gasteiger partial charge < -0.3 is 10.6 Å². The average Bonchev–Trinajstić information content (AvgIpc) is 3.30. The lowest BCUT2D eigenvalue weighted by Crippen LogP contribution is -2.40. The van der Waals surface area contributed by atoms with E-state index in [4.69, 9.17) is 0 Å². The van der Waals surface area contributed by atoms with Gasteiger partial charge in [-0.15, -0.1) is 0 Å². The molecule has 0 aliphatic heterocycles. The Labute approximate surface area is 118 Å². The maximum Gasteiger partial charge on any atom is 0.239 e. The highest BCUT2D eigenvalue weighted by Gasteiger charge is 2.29. The van der Waals surface area contributed by atoms with Crippen LogP contribution < -0.4 is 10.6 Å². The SMILES string of the molecule is O=C(CNC(=O)C1CC1)N[C@H]1CCCc2ccccc21. The number of carbonyl (C=O) groups excluding carboxylic acids is 2. The van der Waals surface area contributed by atoms with E-state index in [0.717, 1.165) is 32.1 Å². The van der Waals surface area contributed by atoms with E-state index in [0.29, 0.717) is 0 Å². The Morgan fingerprint density at radius 2 is 1.95 bits per heavy atom. The van der Waals surface area contributed by atoms with Crippen molar-refractivity contribution >= 4 is 11.8 Å². The summed E-state index contributed by atoms with van der Waals surface area (Å²) in [6.07, 6.45) is 5.07. The maximum atomic E-state index is 11.9. The summed E-state index contributed by atoms with van der Waals surface area (Å²) < 4.78 is 0. The molecule has 0 radical (unpaired) electrons. The summed E-state index contributed by atoms with van der Waals surface area (Å²) in [6.45, 7) is 0.0913. The van der Waals surface area contributed by atoms with E-state index in [9.17, 15) is 9.59 Å². The largest absolute Gasteiger partial charge is 0.348 e. The zero-order chi connectivity index (χ0) is 13.9. The lowest BCUT2D eigenvalue weighted by atomic mass is 9.88. The minimum absolute atomic E-state index is 0.0178. The summed E-state index contributed by atoms with van der Waals surface area (Å²) in [5.74, 6) is 0.0723. The van der Waals surface area contributed by atoms with Gasteiger partial charge in [0.25, 0.3) is 0 Å². The molecule has 2 N–H and O–H groups in total. The summed E-state index contributed by atoms with van der Waals surface area (Å²) in [6, 6.07) is 8.35. The van der Waals surface area contributed by atoms with Crippen molar-refractivity contribution in [3.8, 4) is 0 Å². The first-order valence-corrected chi connectivity index (χ1v) is 7.39. The molecule has 1 saturated carbocycles. The third kappa shape index (κ3) is 3.00. The number of benzene rings is 1. The van der Waals surface area contributed by atoms with Crippen molar-refractivity contribution in [2.75, 3.05) is 6.54 Å². The zero-order valence-electron chi connectivity index (χ0n) is 11.5. The van der Waals surface area contributed by atoms with Gasteiger partial charge in [0.05, 0.1) is 12.6 Å². The molecule has 1 atom stereocenters. The summed E-state index contributed by atoms with van der Waals surface area (Å²) in [4.78, 5) is 23.5. The van der Waals surface area contributed by atoms with E-state index in [2.05, 4.69) is 22.8 Å². The fourth-order valence-electron chi connectivity index (χ4n) is 2.81. The first-order valence-electron chi connectivity index (χ1n) is 7.39. The second kappa shape index (κ2) is 5.65. The third-order valence-corrected chi connectivity index (χ3v) is 4.08. The van der Waals surface area contributed by atoms with Gasteiger partial charge in [-0.1, -0.05) is 24.3 Å². The number of nitrogens with one attached hydrogen (secondary N) is 2. The molecule has 2 aliphatic rings. The normalized spacial score (nSPS) is 20.9. The Balaban J connectivity index is 1.55. The molecule has 4 nitrogen and oxygen atoms in total. The Hall–Kier alpha value is -1.84. The number of carbonyl (C=O) groups is 2. The molecule has 2 amide bonds. The van der Waals surface area contributed by atoms with E-state index >= 15 is 0 Å². The smallest absolute Gasteiger partial charge is 0.239 e. The lowest BCUT2D eigenvalue weighted by molar-refractivity contribution is -0.127. The van der Waals surface area contributed by atoms with Crippen LogP contribution in [0.4, 0.5) is 0 Å². The molecule has 20 heavy (non-hydrogen) atoms. The molecule has 1 fully saturated rings. The zero-order valence-corrected chi connectivity index (χ0v) is 11.5. The van der Waals surface area contributed by atoms with Crippen molar-refractivity contribution in [3.63, 3.8) is 0 Å². The predicted octanol–water partition coefficient (Wildman–Crippen LogP) is 1.71. The topological polar surface area (TPSA) is 58.2 Å². The average molecular weight is 272 g/mol. The molecular weight excluding hydrogens is 252 g/mol. The van der Waals surface area contributed by atoms with Crippen LogP contribution in [0.15, 0.2) is 24.3 Å². The van der Waals surface area contributed by atoms with Crippen molar-refractivity contribution in [2.45, 2.75) is 38.1 Å². The first-order chi connectivity index (χ1) is 9.74. The van der Waals surface area contributed by atoms with Crippen molar-refractivity contribution in [1.29, 1.82) is 0 Å². The van der Waals surface area contributed by atoms with Crippen LogP contribution in [0.1, 0.15) is 42.9 Å².